The highest BCUT2D eigenvalue weighted by Gasteiger charge is 2.32. The zero-order chi connectivity index (χ0) is 15.5. The summed E-state index contributed by atoms with van der Waals surface area (Å²) >= 11 is 0. The van der Waals surface area contributed by atoms with Crippen LogP contribution in [0.4, 0.5) is 13.2 Å². The number of benzene rings is 1. The second-order valence-corrected chi connectivity index (χ2v) is 5.45. The summed E-state index contributed by atoms with van der Waals surface area (Å²) in [6, 6.07) is 4.96. The van der Waals surface area contributed by atoms with Crippen LogP contribution < -0.4 is 5.32 Å². The molecule has 1 aliphatic rings. The maximum atomic E-state index is 12.6. The van der Waals surface area contributed by atoms with Crippen molar-refractivity contribution in [2.24, 2.45) is 5.92 Å². The molecule has 1 aliphatic carbocycles. The van der Waals surface area contributed by atoms with Gasteiger partial charge in [0, 0.05) is 19.7 Å². The smallest absolute Gasteiger partial charge is 0.387 e. The molecule has 118 valence electrons. The predicted molar refractivity (Wildman–Crippen MR) is 72.8 cm³/mol. The molecule has 2 unspecified atom stereocenters. The number of halogens is 3. The lowest BCUT2D eigenvalue weighted by Crippen LogP contribution is -2.37. The minimum Gasteiger partial charge on any atom is -0.387 e. The number of hydrogen-bond acceptors (Lipinski definition) is 3. The first-order chi connectivity index (χ1) is 9.91. The van der Waals surface area contributed by atoms with Gasteiger partial charge in [-0.1, -0.05) is 12.1 Å². The van der Waals surface area contributed by atoms with Gasteiger partial charge in [-0.25, -0.2) is 0 Å². The molecule has 0 spiro atoms. The van der Waals surface area contributed by atoms with Crippen molar-refractivity contribution >= 4 is 0 Å². The SMILES string of the molecule is COCC(NCC(O)c1cccc(C(F)(F)F)c1)C1CC1. The third-order valence-electron chi connectivity index (χ3n) is 3.71. The van der Waals surface area contributed by atoms with Crippen molar-refractivity contribution in [3.8, 4) is 0 Å². The van der Waals surface area contributed by atoms with E-state index >= 15 is 0 Å². The lowest BCUT2D eigenvalue weighted by atomic mass is 10.0. The highest BCUT2D eigenvalue weighted by Crippen LogP contribution is 2.33. The van der Waals surface area contributed by atoms with Crippen LogP contribution in [0.15, 0.2) is 24.3 Å². The van der Waals surface area contributed by atoms with Crippen LogP contribution in [-0.4, -0.2) is 31.4 Å². The Morgan fingerprint density at radius 3 is 2.67 bits per heavy atom. The maximum Gasteiger partial charge on any atom is 0.416 e. The Kier molecular flexibility index (Phi) is 5.24. The van der Waals surface area contributed by atoms with Crippen LogP contribution in [0, 0.1) is 5.92 Å². The summed E-state index contributed by atoms with van der Waals surface area (Å²) in [4.78, 5) is 0. The van der Waals surface area contributed by atoms with E-state index in [1.807, 2.05) is 0 Å². The molecular weight excluding hydrogens is 283 g/mol. The first-order valence-electron chi connectivity index (χ1n) is 6.99. The number of rotatable bonds is 7. The van der Waals surface area contributed by atoms with Gasteiger partial charge in [0.15, 0.2) is 0 Å². The second kappa shape index (κ2) is 6.77. The lowest BCUT2D eigenvalue weighted by molar-refractivity contribution is -0.137. The number of aliphatic hydroxyl groups is 1. The largest absolute Gasteiger partial charge is 0.416 e. The highest BCUT2D eigenvalue weighted by molar-refractivity contribution is 5.27. The molecule has 1 aromatic carbocycles. The Bertz CT molecular complexity index is 460. The van der Waals surface area contributed by atoms with Crippen LogP contribution >= 0.6 is 0 Å². The van der Waals surface area contributed by atoms with E-state index in [0.29, 0.717) is 12.5 Å². The molecule has 2 N–H and O–H groups in total. The van der Waals surface area contributed by atoms with E-state index in [0.717, 1.165) is 25.0 Å². The Hall–Kier alpha value is -1.11. The number of ether oxygens (including phenoxy) is 1. The van der Waals surface area contributed by atoms with Gasteiger partial charge in [0.2, 0.25) is 0 Å². The quantitative estimate of drug-likeness (QED) is 0.814. The Balaban J connectivity index is 1.94. The van der Waals surface area contributed by atoms with Crippen LogP contribution in [0.2, 0.25) is 0 Å². The molecule has 6 heteroatoms. The summed E-state index contributed by atoms with van der Waals surface area (Å²) in [5.74, 6) is 0.540. The van der Waals surface area contributed by atoms with Crippen LogP contribution in [-0.2, 0) is 10.9 Å². The molecule has 21 heavy (non-hydrogen) atoms. The molecule has 1 aromatic rings. The molecule has 1 fully saturated rings. The van der Waals surface area contributed by atoms with Crippen LogP contribution in [0.5, 0.6) is 0 Å². The lowest BCUT2D eigenvalue weighted by Gasteiger charge is -2.20. The average Bonchev–Trinajstić information content (AvgIpc) is 3.27. The first-order valence-corrected chi connectivity index (χ1v) is 6.99. The van der Waals surface area contributed by atoms with Gasteiger partial charge in [-0.05, 0) is 36.5 Å². The monoisotopic (exact) mass is 303 g/mol. The van der Waals surface area contributed by atoms with Crippen molar-refractivity contribution in [3.05, 3.63) is 35.4 Å². The summed E-state index contributed by atoms with van der Waals surface area (Å²) in [6.45, 7) is 0.756. The fourth-order valence-electron chi connectivity index (χ4n) is 2.34. The fraction of sp³-hybridized carbons (Fsp3) is 0.600. The van der Waals surface area contributed by atoms with E-state index in [9.17, 15) is 18.3 Å². The summed E-state index contributed by atoms with van der Waals surface area (Å²) in [7, 11) is 1.61. The van der Waals surface area contributed by atoms with Crippen molar-refractivity contribution in [1.29, 1.82) is 0 Å². The molecule has 0 bridgehead atoms. The molecule has 0 heterocycles. The van der Waals surface area contributed by atoms with Crippen molar-refractivity contribution in [1.82, 2.24) is 5.32 Å². The van der Waals surface area contributed by atoms with E-state index in [1.54, 1.807) is 7.11 Å². The molecule has 0 aromatic heterocycles. The zero-order valence-electron chi connectivity index (χ0n) is 11.9. The molecular formula is C15H20F3NO2. The predicted octanol–water partition coefficient (Wildman–Crippen LogP) is 2.75. The van der Waals surface area contributed by atoms with Crippen molar-refractivity contribution < 1.29 is 23.0 Å². The van der Waals surface area contributed by atoms with Crippen molar-refractivity contribution in [3.63, 3.8) is 0 Å². The van der Waals surface area contributed by atoms with Gasteiger partial charge in [-0.3, -0.25) is 0 Å². The van der Waals surface area contributed by atoms with Gasteiger partial charge in [0.05, 0.1) is 18.3 Å². The Morgan fingerprint density at radius 1 is 1.38 bits per heavy atom. The van der Waals surface area contributed by atoms with Crippen LogP contribution in [0.3, 0.4) is 0 Å². The Labute approximate surface area is 122 Å². The van der Waals surface area contributed by atoms with E-state index in [1.165, 1.54) is 12.1 Å². The molecule has 0 aliphatic heterocycles. The van der Waals surface area contributed by atoms with Gasteiger partial charge < -0.3 is 15.2 Å². The molecule has 2 atom stereocenters. The molecule has 1 saturated carbocycles. The standard InChI is InChI=1S/C15H20F3NO2/c1-21-9-13(10-5-6-10)19-8-14(20)11-3-2-4-12(7-11)15(16,17)18/h2-4,7,10,13-14,19-20H,5-6,8-9H2,1H3. The van der Waals surface area contributed by atoms with Gasteiger partial charge in [-0.2, -0.15) is 13.2 Å². The minimum absolute atomic E-state index is 0.149. The number of nitrogens with one attached hydrogen (secondary N) is 1. The van der Waals surface area contributed by atoms with Crippen LogP contribution in [0.25, 0.3) is 0 Å². The number of hydrogen-bond donors (Lipinski definition) is 2. The van der Waals surface area contributed by atoms with Gasteiger partial charge >= 0.3 is 6.18 Å². The first kappa shape index (κ1) is 16.3. The van der Waals surface area contributed by atoms with E-state index < -0.39 is 17.8 Å². The van der Waals surface area contributed by atoms with E-state index in [-0.39, 0.29) is 18.2 Å². The highest BCUT2D eigenvalue weighted by atomic mass is 19.4. The number of alkyl halides is 3. The third-order valence-corrected chi connectivity index (χ3v) is 3.71. The summed E-state index contributed by atoms with van der Waals surface area (Å²) < 4.78 is 43.1. The van der Waals surface area contributed by atoms with Crippen molar-refractivity contribution in [2.45, 2.75) is 31.2 Å². The third kappa shape index (κ3) is 4.69. The Morgan fingerprint density at radius 2 is 2.10 bits per heavy atom. The normalized spacial score (nSPS) is 18.5. The summed E-state index contributed by atoms with van der Waals surface area (Å²) in [5.41, 5.74) is -0.473. The number of methoxy groups -OCH3 is 1. The molecule has 0 amide bonds. The minimum atomic E-state index is -4.39. The maximum absolute atomic E-state index is 12.6. The molecule has 0 radical (unpaired) electrons. The topological polar surface area (TPSA) is 41.5 Å². The molecule has 0 saturated heterocycles. The van der Waals surface area contributed by atoms with E-state index in [2.05, 4.69) is 5.32 Å². The fourth-order valence-corrected chi connectivity index (χ4v) is 2.34. The van der Waals surface area contributed by atoms with Crippen molar-refractivity contribution in [2.75, 3.05) is 20.3 Å². The summed E-state index contributed by atoms with van der Waals surface area (Å²) in [6.07, 6.45) is -3.11. The van der Waals surface area contributed by atoms with Gasteiger partial charge in [0.1, 0.15) is 0 Å². The number of aliphatic hydroxyl groups excluding tert-OH is 1. The van der Waals surface area contributed by atoms with E-state index in [4.69, 9.17) is 4.74 Å². The van der Waals surface area contributed by atoms with Gasteiger partial charge in [0.25, 0.3) is 0 Å². The van der Waals surface area contributed by atoms with Crippen LogP contribution in [0.1, 0.15) is 30.1 Å². The molecule has 2 rings (SSSR count). The average molecular weight is 303 g/mol. The van der Waals surface area contributed by atoms with Gasteiger partial charge in [-0.15, -0.1) is 0 Å². The zero-order valence-corrected chi connectivity index (χ0v) is 11.9. The second-order valence-electron chi connectivity index (χ2n) is 5.45. The summed E-state index contributed by atoms with van der Waals surface area (Å²) in [5, 5.41) is 13.2. The molecule has 3 nitrogen and oxygen atoms in total.